The first-order valence-corrected chi connectivity index (χ1v) is 5.12. The predicted octanol–water partition coefficient (Wildman–Crippen LogP) is 1.55. The fraction of sp³-hybridized carbons (Fsp3) is 0.167. The Balaban J connectivity index is 2.22. The average Bonchev–Trinajstić information content (AvgIpc) is 2.38. The van der Waals surface area contributed by atoms with E-state index in [0.29, 0.717) is 12.4 Å². The van der Waals surface area contributed by atoms with E-state index in [1.807, 2.05) is 30.3 Å². The third kappa shape index (κ3) is 2.55. The number of rotatable bonds is 4. The second-order valence-electron chi connectivity index (χ2n) is 3.31. The summed E-state index contributed by atoms with van der Waals surface area (Å²) in [6.45, 7) is 0.560. The first kappa shape index (κ1) is 10.6. The lowest BCUT2D eigenvalue weighted by atomic mass is 10.2. The number of aromatic nitrogens is 2. The maximum Gasteiger partial charge on any atom is 0.145 e. The lowest BCUT2D eigenvalue weighted by Gasteiger charge is -2.05. The maximum atomic E-state index is 8.70. The number of nitrogens with zero attached hydrogens (tertiary/aromatic N) is 2. The standard InChI is InChI=1S/C12H13N3O/c16-7-6-14-12-9-13-8-11(15-12)10-4-2-1-3-5-10/h1-5,8-9,16H,6-7H2,(H,14,15). The van der Waals surface area contributed by atoms with Gasteiger partial charge in [-0.2, -0.15) is 0 Å². The zero-order valence-electron chi connectivity index (χ0n) is 8.80. The highest BCUT2D eigenvalue weighted by Crippen LogP contribution is 2.16. The van der Waals surface area contributed by atoms with Crippen molar-refractivity contribution in [2.24, 2.45) is 0 Å². The van der Waals surface area contributed by atoms with Crippen LogP contribution in [0.1, 0.15) is 0 Å². The summed E-state index contributed by atoms with van der Waals surface area (Å²) >= 11 is 0. The summed E-state index contributed by atoms with van der Waals surface area (Å²) < 4.78 is 0. The molecular formula is C12H13N3O. The van der Waals surface area contributed by atoms with Crippen LogP contribution in [0.2, 0.25) is 0 Å². The molecule has 0 amide bonds. The third-order valence-corrected chi connectivity index (χ3v) is 2.12. The largest absolute Gasteiger partial charge is 0.395 e. The Morgan fingerprint density at radius 3 is 2.69 bits per heavy atom. The summed E-state index contributed by atoms with van der Waals surface area (Å²) in [7, 11) is 0. The summed E-state index contributed by atoms with van der Waals surface area (Å²) in [5.41, 5.74) is 1.85. The molecule has 0 aliphatic rings. The molecule has 2 rings (SSSR count). The third-order valence-electron chi connectivity index (χ3n) is 2.12. The summed E-state index contributed by atoms with van der Waals surface area (Å²) in [4.78, 5) is 8.50. The topological polar surface area (TPSA) is 58.0 Å². The van der Waals surface area contributed by atoms with Crippen molar-refractivity contribution in [2.75, 3.05) is 18.5 Å². The molecule has 0 aliphatic carbocycles. The van der Waals surface area contributed by atoms with Crippen molar-refractivity contribution in [1.82, 2.24) is 9.97 Å². The number of aliphatic hydroxyl groups is 1. The van der Waals surface area contributed by atoms with Crippen molar-refractivity contribution in [2.45, 2.75) is 0 Å². The Morgan fingerprint density at radius 2 is 1.94 bits per heavy atom. The maximum absolute atomic E-state index is 8.70. The first-order chi connectivity index (χ1) is 7.90. The van der Waals surface area contributed by atoms with E-state index in [2.05, 4.69) is 15.3 Å². The van der Waals surface area contributed by atoms with Crippen molar-refractivity contribution in [3.05, 3.63) is 42.7 Å². The SMILES string of the molecule is OCCNc1cncc(-c2ccccc2)n1. The summed E-state index contributed by atoms with van der Waals surface area (Å²) in [6, 6.07) is 9.86. The Hall–Kier alpha value is -1.94. The van der Waals surface area contributed by atoms with Gasteiger partial charge in [0.25, 0.3) is 0 Å². The Kier molecular flexibility index (Phi) is 3.46. The molecule has 0 radical (unpaired) electrons. The normalized spacial score (nSPS) is 10.1. The van der Waals surface area contributed by atoms with Gasteiger partial charge in [0.15, 0.2) is 0 Å². The molecule has 0 saturated carbocycles. The fourth-order valence-electron chi connectivity index (χ4n) is 1.38. The molecule has 1 aromatic carbocycles. The molecule has 0 fully saturated rings. The van der Waals surface area contributed by atoms with Gasteiger partial charge in [-0.05, 0) is 0 Å². The summed E-state index contributed by atoms with van der Waals surface area (Å²) in [5, 5.41) is 11.7. The van der Waals surface area contributed by atoms with E-state index in [-0.39, 0.29) is 6.61 Å². The summed E-state index contributed by atoms with van der Waals surface area (Å²) in [5.74, 6) is 0.676. The molecule has 2 aromatic rings. The minimum absolute atomic E-state index is 0.0806. The van der Waals surface area contributed by atoms with Gasteiger partial charge < -0.3 is 10.4 Å². The van der Waals surface area contributed by atoms with Gasteiger partial charge in [-0.25, -0.2) is 4.98 Å². The molecule has 0 spiro atoms. The van der Waals surface area contributed by atoms with Crippen LogP contribution in [-0.4, -0.2) is 28.2 Å². The lowest BCUT2D eigenvalue weighted by Crippen LogP contribution is -2.07. The minimum Gasteiger partial charge on any atom is -0.395 e. The van der Waals surface area contributed by atoms with E-state index in [1.165, 1.54) is 0 Å². The van der Waals surface area contributed by atoms with Crippen molar-refractivity contribution in [1.29, 1.82) is 0 Å². The number of anilines is 1. The van der Waals surface area contributed by atoms with Crippen LogP contribution >= 0.6 is 0 Å². The van der Waals surface area contributed by atoms with E-state index < -0.39 is 0 Å². The van der Waals surface area contributed by atoms with Gasteiger partial charge in [0, 0.05) is 12.1 Å². The van der Waals surface area contributed by atoms with E-state index in [1.54, 1.807) is 12.4 Å². The average molecular weight is 215 g/mol. The van der Waals surface area contributed by atoms with Gasteiger partial charge in [-0.3, -0.25) is 4.98 Å². The highest BCUT2D eigenvalue weighted by atomic mass is 16.3. The van der Waals surface area contributed by atoms with Crippen LogP contribution < -0.4 is 5.32 Å². The molecule has 1 aromatic heterocycles. The van der Waals surface area contributed by atoms with Crippen LogP contribution in [0.4, 0.5) is 5.82 Å². The Bertz CT molecular complexity index is 445. The van der Waals surface area contributed by atoms with Crippen molar-refractivity contribution in [3.8, 4) is 11.3 Å². The van der Waals surface area contributed by atoms with Gasteiger partial charge >= 0.3 is 0 Å². The molecule has 0 unspecified atom stereocenters. The zero-order valence-corrected chi connectivity index (χ0v) is 8.80. The molecule has 4 nitrogen and oxygen atoms in total. The minimum atomic E-state index is 0.0806. The summed E-state index contributed by atoms with van der Waals surface area (Å²) in [6.07, 6.45) is 3.36. The molecule has 2 N–H and O–H groups in total. The Labute approximate surface area is 94.0 Å². The number of benzene rings is 1. The van der Waals surface area contributed by atoms with Gasteiger partial charge in [-0.15, -0.1) is 0 Å². The molecule has 1 heterocycles. The first-order valence-electron chi connectivity index (χ1n) is 5.12. The molecule has 0 aliphatic heterocycles. The van der Waals surface area contributed by atoms with Gasteiger partial charge in [0.05, 0.1) is 24.7 Å². The Morgan fingerprint density at radius 1 is 1.12 bits per heavy atom. The predicted molar refractivity (Wildman–Crippen MR) is 63.0 cm³/mol. The highest BCUT2D eigenvalue weighted by Gasteiger charge is 2.00. The lowest BCUT2D eigenvalue weighted by molar-refractivity contribution is 0.311. The highest BCUT2D eigenvalue weighted by molar-refractivity contribution is 5.59. The van der Waals surface area contributed by atoms with Crippen LogP contribution in [0.3, 0.4) is 0 Å². The van der Waals surface area contributed by atoms with Crippen molar-refractivity contribution >= 4 is 5.82 Å². The molecular weight excluding hydrogens is 202 g/mol. The number of aliphatic hydroxyl groups excluding tert-OH is 1. The van der Waals surface area contributed by atoms with Crippen LogP contribution in [0.5, 0.6) is 0 Å². The van der Waals surface area contributed by atoms with E-state index >= 15 is 0 Å². The monoisotopic (exact) mass is 215 g/mol. The van der Waals surface area contributed by atoms with Crippen LogP contribution in [0.15, 0.2) is 42.7 Å². The van der Waals surface area contributed by atoms with Crippen molar-refractivity contribution < 1.29 is 5.11 Å². The van der Waals surface area contributed by atoms with Crippen LogP contribution in [-0.2, 0) is 0 Å². The van der Waals surface area contributed by atoms with E-state index in [9.17, 15) is 0 Å². The molecule has 16 heavy (non-hydrogen) atoms. The molecule has 4 heteroatoms. The molecule has 0 bridgehead atoms. The second-order valence-corrected chi connectivity index (χ2v) is 3.31. The quantitative estimate of drug-likeness (QED) is 0.812. The van der Waals surface area contributed by atoms with Crippen LogP contribution in [0, 0.1) is 0 Å². The smallest absolute Gasteiger partial charge is 0.145 e. The number of hydrogen-bond acceptors (Lipinski definition) is 4. The van der Waals surface area contributed by atoms with Crippen molar-refractivity contribution in [3.63, 3.8) is 0 Å². The zero-order chi connectivity index (χ0) is 11.2. The van der Waals surface area contributed by atoms with Gasteiger partial charge in [0.2, 0.25) is 0 Å². The molecule has 82 valence electrons. The fourth-order valence-corrected chi connectivity index (χ4v) is 1.38. The number of hydrogen-bond donors (Lipinski definition) is 2. The van der Waals surface area contributed by atoms with Crippen LogP contribution in [0.25, 0.3) is 11.3 Å². The molecule has 0 atom stereocenters. The number of nitrogens with one attached hydrogen (secondary N) is 1. The van der Waals surface area contributed by atoms with Gasteiger partial charge in [0.1, 0.15) is 5.82 Å². The molecule has 0 saturated heterocycles. The van der Waals surface area contributed by atoms with Gasteiger partial charge in [-0.1, -0.05) is 30.3 Å². The van der Waals surface area contributed by atoms with E-state index in [4.69, 9.17) is 5.11 Å². The van der Waals surface area contributed by atoms with E-state index in [0.717, 1.165) is 11.3 Å². The second kappa shape index (κ2) is 5.23.